The fourth-order valence-corrected chi connectivity index (χ4v) is 3.98. The summed E-state index contributed by atoms with van der Waals surface area (Å²) in [5.41, 5.74) is 0.446. The van der Waals surface area contributed by atoms with Gasteiger partial charge in [0.2, 0.25) is 0 Å². The lowest BCUT2D eigenvalue weighted by Crippen LogP contribution is -2.58. The second kappa shape index (κ2) is 9.85. The fourth-order valence-electron chi connectivity index (χ4n) is 3.98. The lowest BCUT2D eigenvalue weighted by atomic mass is 9.83. The topological polar surface area (TPSA) is 36.9 Å². The molecule has 182 valence electrons. The maximum absolute atomic E-state index is 14.8. The van der Waals surface area contributed by atoms with Gasteiger partial charge in [-0.3, -0.25) is 0 Å². The van der Waals surface area contributed by atoms with Crippen molar-refractivity contribution in [3.8, 4) is 5.75 Å². The molecule has 3 fully saturated rings. The van der Waals surface area contributed by atoms with Crippen molar-refractivity contribution in [2.45, 2.75) is 32.2 Å². The second-order valence-corrected chi connectivity index (χ2v) is 8.34. The normalized spacial score (nSPS) is 24.6. The van der Waals surface area contributed by atoms with Gasteiger partial charge in [0.1, 0.15) is 5.82 Å². The third kappa shape index (κ3) is 5.01. The van der Waals surface area contributed by atoms with Gasteiger partial charge in [-0.1, -0.05) is 37.6 Å². The number of rotatable bonds is 8. The highest BCUT2D eigenvalue weighted by Gasteiger charge is 2.53. The first kappa shape index (κ1) is 24.4. The van der Waals surface area contributed by atoms with E-state index in [0.29, 0.717) is 37.7 Å². The summed E-state index contributed by atoms with van der Waals surface area (Å²) in [6.45, 7) is 3.45. The standard InChI is InChI=1S/C25H23F5O4/c1-2-8-24-13-32-25(33-14-24,34-15-24)18-6-5-17(19(26)12-18)4-3-16-10-20(27)23(21(28)11-16)31-9-7-22(29)30/h3-7,9-12,22H,2,8,13-15H2,1H3. The molecule has 2 bridgehead atoms. The van der Waals surface area contributed by atoms with Crippen molar-refractivity contribution in [2.24, 2.45) is 5.41 Å². The summed E-state index contributed by atoms with van der Waals surface area (Å²) in [6, 6.07) is 6.21. The molecule has 0 unspecified atom stereocenters. The van der Waals surface area contributed by atoms with E-state index in [1.165, 1.54) is 24.3 Å². The van der Waals surface area contributed by atoms with Crippen LogP contribution in [0.4, 0.5) is 22.0 Å². The minimum atomic E-state index is -2.82. The van der Waals surface area contributed by atoms with Crippen LogP contribution in [0.15, 0.2) is 42.7 Å². The number of hydrogen-bond donors (Lipinski definition) is 0. The number of benzene rings is 2. The molecule has 4 nitrogen and oxygen atoms in total. The van der Waals surface area contributed by atoms with Crippen molar-refractivity contribution in [2.75, 3.05) is 19.8 Å². The molecule has 3 aliphatic rings. The summed E-state index contributed by atoms with van der Waals surface area (Å²) in [4.78, 5) is 0. The molecule has 0 aliphatic carbocycles. The van der Waals surface area contributed by atoms with Crippen molar-refractivity contribution in [1.82, 2.24) is 0 Å². The van der Waals surface area contributed by atoms with Crippen molar-refractivity contribution < 1.29 is 40.9 Å². The van der Waals surface area contributed by atoms with Gasteiger partial charge >= 0.3 is 5.97 Å². The molecule has 9 heteroatoms. The second-order valence-electron chi connectivity index (χ2n) is 8.34. The van der Waals surface area contributed by atoms with E-state index < -0.39 is 35.6 Å². The van der Waals surface area contributed by atoms with Gasteiger partial charge < -0.3 is 18.9 Å². The molecule has 3 heterocycles. The average Bonchev–Trinajstić information content (AvgIpc) is 2.81. The van der Waals surface area contributed by atoms with E-state index in [2.05, 4.69) is 11.7 Å². The third-order valence-corrected chi connectivity index (χ3v) is 5.73. The molecule has 0 aromatic heterocycles. The molecule has 0 radical (unpaired) electrons. The lowest BCUT2D eigenvalue weighted by molar-refractivity contribution is -0.480. The Morgan fingerprint density at radius 3 is 2.15 bits per heavy atom. The Bertz CT molecular complexity index is 1050. The highest BCUT2D eigenvalue weighted by Crippen LogP contribution is 2.46. The molecule has 5 rings (SSSR count). The largest absolute Gasteiger partial charge is 0.459 e. The molecule has 0 spiro atoms. The van der Waals surface area contributed by atoms with Crippen LogP contribution in [-0.4, -0.2) is 26.2 Å². The monoisotopic (exact) mass is 482 g/mol. The summed E-state index contributed by atoms with van der Waals surface area (Å²) in [5, 5.41) is 0. The van der Waals surface area contributed by atoms with Gasteiger partial charge in [0.05, 0.1) is 26.1 Å². The van der Waals surface area contributed by atoms with Crippen molar-refractivity contribution in [3.05, 3.63) is 76.8 Å². The van der Waals surface area contributed by atoms with Gasteiger partial charge in [-0.25, -0.2) is 22.0 Å². The van der Waals surface area contributed by atoms with Crippen LogP contribution in [0.2, 0.25) is 0 Å². The van der Waals surface area contributed by atoms with E-state index in [-0.39, 0.29) is 16.5 Å². The summed E-state index contributed by atoms with van der Waals surface area (Å²) in [5.74, 6) is -5.04. The summed E-state index contributed by atoms with van der Waals surface area (Å²) < 4.78 is 89.4. The number of hydrogen-bond acceptors (Lipinski definition) is 4. The van der Waals surface area contributed by atoms with Gasteiger partial charge in [-0.05, 0) is 30.2 Å². The van der Waals surface area contributed by atoms with Gasteiger partial charge in [0.25, 0.3) is 6.43 Å². The zero-order valence-corrected chi connectivity index (χ0v) is 18.3. The van der Waals surface area contributed by atoms with Crippen LogP contribution in [0, 0.1) is 22.9 Å². The molecule has 3 aliphatic heterocycles. The maximum Gasteiger partial charge on any atom is 0.312 e. The Hall–Kier alpha value is -2.75. The quantitative estimate of drug-likeness (QED) is 0.248. The maximum atomic E-state index is 14.8. The first-order valence-corrected chi connectivity index (χ1v) is 10.8. The molecule has 34 heavy (non-hydrogen) atoms. The Morgan fingerprint density at radius 1 is 0.941 bits per heavy atom. The van der Waals surface area contributed by atoms with E-state index in [0.717, 1.165) is 25.0 Å². The van der Waals surface area contributed by atoms with Crippen molar-refractivity contribution in [1.29, 1.82) is 0 Å². The van der Waals surface area contributed by atoms with Crippen LogP contribution in [0.1, 0.15) is 36.5 Å². The van der Waals surface area contributed by atoms with Crippen LogP contribution in [0.3, 0.4) is 0 Å². The third-order valence-electron chi connectivity index (χ3n) is 5.73. The van der Waals surface area contributed by atoms with Crippen LogP contribution < -0.4 is 4.74 Å². The van der Waals surface area contributed by atoms with Crippen molar-refractivity contribution >= 4 is 12.2 Å². The zero-order valence-electron chi connectivity index (χ0n) is 18.3. The van der Waals surface area contributed by atoms with E-state index in [1.54, 1.807) is 6.07 Å². The number of fused-ring (bicyclic) bond motifs is 3. The van der Waals surface area contributed by atoms with Crippen molar-refractivity contribution in [3.63, 3.8) is 0 Å². The predicted molar refractivity (Wildman–Crippen MR) is 114 cm³/mol. The molecular weight excluding hydrogens is 459 g/mol. The summed E-state index contributed by atoms with van der Waals surface area (Å²) in [6.07, 6.45) is 2.58. The Labute approximate surface area is 193 Å². The number of alkyl halides is 2. The SMILES string of the molecule is CCCC12COC(c3ccc(C=Cc4cc(F)c(OC=CC(F)F)c(F)c4)c(F)c3)(OC1)OC2. The number of ether oxygens (including phenoxy) is 4. The Balaban J connectivity index is 1.48. The predicted octanol–water partition coefficient (Wildman–Crippen LogP) is 6.41. The molecule has 2 aromatic rings. The number of halogens is 5. The van der Waals surface area contributed by atoms with Gasteiger partial charge in [0, 0.05) is 22.6 Å². The van der Waals surface area contributed by atoms with Crippen LogP contribution in [-0.2, 0) is 20.2 Å². The van der Waals surface area contributed by atoms with E-state index in [9.17, 15) is 22.0 Å². The van der Waals surface area contributed by atoms with Crippen LogP contribution in [0.5, 0.6) is 5.75 Å². The average molecular weight is 482 g/mol. The molecule has 0 atom stereocenters. The first-order chi connectivity index (χ1) is 16.3. The molecule has 2 aromatic carbocycles. The molecule has 0 saturated carbocycles. The number of allylic oxidation sites excluding steroid dienone is 1. The van der Waals surface area contributed by atoms with E-state index in [1.807, 2.05) is 0 Å². The molecule has 0 N–H and O–H groups in total. The molecule has 0 amide bonds. The van der Waals surface area contributed by atoms with Gasteiger partial charge in [-0.15, -0.1) is 0 Å². The summed E-state index contributed by atoms with van der Waals surface area (Å²) >= 11 is 0. The zero-order chi connectivity index (χ0) is 24.3. The Morgan fingerprint density at radius 2 is 1.59 bits per heavy atom. The lowest BCUT2D eigenvalue weighted by Gasteiger charge is -2.51. The minimum absolute atomic E-state index is 0.0871. The molecule has 3 saturated heterocycles. The summed E-state index contributed by atoms with van der Waals surface area (Å²) in [7, 11) is 0. The van der Waals surface area contributed by atoms with Gasteiger partial charge in [-0.2, -0.15) is 0 Å². The highest BCUT2D eigenvalue weighted by molar-refractivity contribution is 5.70. The Kier molecular flexibility index (Phi) is 7.06. The minimum Gasteiger partial charge on any atom is -0.459 e. The van der Waals surface area contributed by atoms with Gasteiger partial charge in [0.15, 0.2) is 17.4 Å². The molecular formula is C25H23F5O4. The van der Waals surface area contributed by atoms with Crippen LogP contribution in [0.25, 0.3) is 12.2 Å². The first-order valence-electron chi connectivity index (χ1n) is 10.8. The van der Waals surface area contributed by atoms with E-state index in [4.69, 9.17) is 14.2 Å². The van der Waals surface area contributed by atoms with E-state index >= 15 is 0 Å². The highest BCUT2D eigenvalue weighted by atomic mass is 19.3. The van der Waals surface area contributed by atoms with Crippen LogP contribution >= 0.6 is 0 Å². The fraction of sp³-hybridized carbons (Fsp3) is 0.360. The smallest absolute Gasteiger partial charge is 0.312 e.